The number of rotatable bonds is 2. The van der Waals surface area contributed by atoms with Gasteiger partial charge in [-0.3, -0.25) is 0 Å². The third kappa shape index (κ3) is 1.74. The van der Waals surface area contributed by atoms with Gasteiger partial charge in [-0.1, -0.05) is 13.0 Å². The molecule has 74 valence electrons. The van der Waals surface area contributed by atoms with Crippen molar-refractivity contribution < 1.29 is 8.78 Å². The van der Waals surface area contributed by atoms with E-state index in [0.717, 1.165) is 6.07 Å². The van der Waals surface area contributed by atoms with Crippen LogP contribution in [0.5, 0.6) is 0 Å². The van der Waals surface area contributed by atoms with Gasteiger partial charge in [0.25, 0.3) is 0 Å². The highest BCUT2D eigenvalue weighted by molar-refractivity contribution is 5.32. The maximum Gasteiger partial charge on any atom is 0.130 e. The van der Waals surface area contributed by atoms with E-state index in [9.17, 15) is 8.78 Å². The van der Waals surface area contributed by atoms with Crippen molar-refractivity contribution in [2.24, 2.45) is 0 Å². The number of nitrogens with zero attached hydrogens (tertiary/aromatic N) is 1. The molecule has 0 spiro atoms. The van der Waals surface area contributed by atoms with Crippen LogP contribution in [0.2, 0.25) is 0 Å². The van der Waals surface area contributed by atoms with Crippen molar-refractivity contribution in [1.82, 2.24) is 0 Å². The van der Waals surface area contributed by atoms with Gasteiger partial charge in [-0.2, -0.15) is 5.26 Å². The van der Waals surface area contributed by atoms with E-state index in [-0.39, 0.29) is 5.56 Å². The summed E-state index contributed by atoms with van der Waals surface area (Å²) >= 11 is 0. The van der Waals surface area contributed by atoms with Crippen molar-refractivity contribution in [2.75, 3.05) is 0 Å². The minimum Gasteiger partial charge on any atom is -0.207 e. The van der Waals surface area contributed by atoms with Gasteiger partial charge in [0.15, 0.2) is 0 Å². The topological polar surface area (TPSA) is 23.8 Å². The molecule has 1 aromatic carbocycles. The molecule has 0 heterocycles. The van der Waals surface area contributed by atoms with E-state index in [2.05, 4.69) is 0 Å². The highest BCUT2D eigenvalue weighted by Crippen LogP contribution is 2.28. The molecule has 1 unspecified atom stereocenters. The Hall–Kier alpha value is -1.43. The van der Waals surface area contributed by atoms with Crippen molar-refractivity contribution in [3.63, 3.8) is 0 Å². The quantitative estimate of drug-likeness (QED) is 0.711. The lowest BCUT2D eigenvalue weighted by molar-refractivity contribution is 0.513. The Morgan fingerprint density at radius 2 is 2.07 bits per heavy atom. The predicted octanol–water partition coefficient (Wildman–Crippen LogP) is 3.16. The minimum atomic E-state index is -0.877. The molecule has 0 amide bonds. The first kappa shape index (κ1) is 10.6. The Morgan fingerprint density at radius 1 is 1.43 bits per heavy atom. The number of halogens is 2. The van der Waals surface area contributed by atoms with E-state index < -0.39 is 17.0 Å². The molecular weight excluding hydrogens is 184 g/mol. The van der Waals surface area contributed by atoms with Crippen molar-refractivity contribution in [3.8, 4) is 6.07 Å². The molecule has 0 radical (unpaired) electrons. The van der Waals surface area contributed by atoms with Crippen molar-refractivity contribution >= 4 is 0 Å². The van der Waals surface area contributed by atoms with E-state index in [1.54, 1.807) is 13.8 Å². The first-order valence-electron chi connectivity index (χ1n) is 4.40. The molecule has 1 aromatic rings. The lowest BCUT2D eigenvalue weighted by Crippen LogP contribution is -2.19. The van der Waals surface area contributed by atoms with Gasteiger partial charge in [-0.25, -0.2) is 8.78 Å². The van der Waals surface area contributed by atoms with Gasteiger partial charge in [0.2, 0.25) is 0 Å². The molecule has 0 saturated carbocycles. The summed E-state index contributed by atoms with van der Waals surface area (Å²) in [6.07, 6.45) is 0.492. The number of hydrogen-bond donors (Lipinski definition) is 0. The van der Waals surface area contributed by atoms with Crippen LogP contribution < -0.4 is 0 Å². The van der Waals surface area contributed by atoms with Gasteiger partial charge < -0.3 is 0 Å². The number of nitriles is 1. The maximum absolute atomic E-state index is 13.3. The molecular formula is C11H11F2N. The third-order valence-electron chi connectivity index (χ3n) is 2.48. The van der Waals surface area contributed by atoms with Crippen LogP contribution in [0.25, 0.3) is 0 Å². The molecule has 1 rings (SSSR count). The van der Waals surface area contributed by atoms with Gasteiger partial charge in [-0.05, 0) is 19.4 Å². The van der Waals surface area contributed by atoms with Crippen LogP contribution >= 0.6 is 0 Å². The molecule has 0 N–H and O–H groups in total. The number of benzene rings is 1. The fourth-order valence-corrected chi connectivity index (χ4v) is 1.27. The van der Waals surface area contributed by atoms with Crippen LogP contribution in [0.3, 0.4) is 0 Å². The zero-order valence-corrected chi connectivity index (χ0v) is 8.14. The molecule has 0 aliphatic rings. The number of hydrogen-bond acceptors (Lipinski definition) is 1. The van der Waals surface area contributed by atoms with Crippen LogP contribution in [0.15, 0.2) is 18.2 Å². The van der Waals surface area contributed by atoms with Crippen molar-refractivity contribution in [1.29, 1.82) is 5.26 Å². The van der Waals surface area contributed by atoms with Gasteiger partial charge in [0, 0.05) is 11.6 Å². The summed E-state index contributed by atoms with van der Waals surface area (Å²) in [7, 11) is 0. The Balaban J connectivity index is 3.26. The summed E-state index contributed by atoms with van der Waals surface area (Å²) in [6.45, 7) is 3.44. The van der Waals surface area contributed by atoms with Crippen LogP contribution in [-0.4, -0.2) is 0 Å². The molecule has 14 heavy (non-hydrogen) atoms. The van der Waals surface area contributed by atoms with Crippen molar-refractivity contribution in [2.45, 2.75) is 25.7 Å². The second kappa shape index (κ2) is 3.75. The van der Waals surface area contributed by atoms with Crippen LogP contribution in [-0.2, 0) is 5.41 Å². The molecule has 0 aromatic heterocycles. The van der Waals surface area contributed by atoms with E-state index in [4.69, 9.17) is 5.26 Å². The standard InChI is InChI=1S/C11H11F2N/c1-3-11(2,7-14)9-5-4-8(12)6-10(9)13/h4-6H,3H2,1-2H3. The van der Waals surface area contributed by atoms with Gasteiger partial charge in [0.05, 0.1) is 11.5 Å². The SMILES string of the molecule is CCC(C)(C#N)c1ccc(F)cc1F. The predicted molar refractivity (Wildman–Crippen MR) is 49.6 cm³/mol. The average molecular weight is 195 g/mol. The van der Waals surface area contributed by atoms with E-state index in [0.29, 0.717) is 6.42 Å². The molecule has 0 bridgehead atoms. The van der Waals surface area contributed by atoms with E-state index >= 15 is 0 Å². The molecule has 0 aliphatic heterocycles. The molecule has 0 saturated heterocycles. The Kier molecular flexibility index (Phi) is 2.85. The Bertz CT molecular complexity index is 381. The minimum absolute atomic E-state index is 0.254. The lowest BCUT2D eigenvalue weighted by Gasteiger charge is -2.20. The molecule has 0 fully saturated rings. The Labute approximate surface area is 82.0 Å². The summed E-state index contributed by atoms with van der Waals surface area (Å²) in [5.74, 6) is -1.28. The van der Waals surface area contributed by atoms with Crippen molar-refractivity contribution in [3.05, 3.63) is 35.4 Å². The monoisotopic (exact) mass is 195 g/mol. The van der Waals surface area contributed by atoms with Gasteiger partial charge in [-0.15, -0.1) is 0 Å². The summed E-state index contributed by atoms with van der Waals surface area (Å²) in [5.41, 5.74) is -0.624. The fourth-order valence-electron chi connectivity index (χ4n) is 1.27. The Morgan fingerprint density at radius 3 is 2.50 bits per heavy atom. The second-order valence-electron chi connectivity index (χ2n) is 3.42. The molecule has 1 nitrogen and oxygen atoms in total. The van der Waals surface area contributed by atoms with Crippen LogP contribution in [0.1, 0.15) is 25.8 Å². The second-order valence-corrected chi connectivity index (χ2v) is 3.42. The average Bonchev–Trinajstić information content (AvgIpc) is 2.17. The molecule has 0 aliphatic carbocycles. The third-order valence-corrected chi connectivity index (χ3v) is 2.48. The van der Waals surface area contributed by atoms with Crippen LogP contribution in [0, 0.1) is 23.0 Å². The van der Waals surface area contributed by atoms with E-state index in [1.165, 1.54) is 12.1 Å². The summed E-state index contributed by atoms with van der Waals surface area (Å²) in [4.78, 5) is 0. The zero-order chi connectivity index (χ0) is 10.8. The lowest BCUT2D eigenvalue weighted by atomic mass is 9.81. The smallest absolute Gasteiger partial charge is 0.130 e. The highest BCUT2D eigenvalue weighted by atomic mass is 19.1. The van der Waals surface area contributed by atoms with Crippen LogP contribution in [0.4, 0.5) is 8.78 Å². The van der Waals surface area contributed by atoms with E-state index in [1.807, 2.05) is 6.07 Å². The van der Waals surface area contributed by atoms with Gasteiger partial charge >= 0.3 is 0 Å². The largest absolute Gasteiger partial charge is 0.207 e. The first-order valence-corrected chi connectivity index (χ1v) is 4.40. The summed E-state index contributed by atoms with van der Waals surface area (Å²) in [6, 6.07) is 5.35. The molecule has 1 atom stereocenters. The fraction of sp³-hybridized carbons (Fsp3) is 0.364. The summed E-state index contributed by atoms with van der Waals surface area (Å²) in [5, 5.41) is 8.92. The first-order chi connectivity index (χ1) is 6.53. The molecule has 3 heteroatoms. The zero-order valence-electron chi connectivity index (χ0n) is 8.14. The highest BCUT2D eigenvalue weighted by Gasteiger charge is 2.27. The maximum atomic E-state index is 13.3. The summed E-state index contributed by atoms with van der Waals surface area (Å²) < 4.78 is 25.9. The normalized spacial score (nSPS) is 14.5. The van der Waals surface area contributed by atoms with Gasteiger partial charge in [0.1, 0.15) is 11.6 Å².